The minimum Gasteiger partial charge on any atom is -0.493 e. The summed E-state index contributed by atoms with van der Waals surface area (Å²) < 4.78 is 10.5. The fourth-order valence-electron chi connectivity index (χ4n) is 2.85. The second-order valence-electron chi connectivity index (χ2n) is 5.51. The second-order valence-corrected chi connectivity index (χ2v) is 5.91. The monoisotopic (exact) mass is 313 g/mol. The smallest absolute Gasteiger partial charge is 0.179 e. The molecule has 2 unspecified atom stereocenters. The van der Waals surface area contributed by atoms with Crippen LogP contribution in [-0.2, 0) is 6.54 Å². The molecular formula is C16H24ClNO3. The molecule has 1 aromatic carbocycles. The van der Waals surface area contributed by atoms with Crippen LogP contribution in [0.3, 0.4) is 0 Å². The van der Waals surface area contributed by atoms with Crippen LogP contribution in [0.1, 0.15) is 37.7 Å². The van der Waals surface area contributed by atoms with Crippen molar-refractivity contribution in [2.45, 2.75) is 50.8 Å². The lowest BCUT2D eigenvalue weighted by atomic mass is 10.1. The fourth-order valence-corrected chi connectivity index (χ4v) is 3.16. The highest BCUT2D eigenvalue weighted by atomic mass is 35.5. The zero-order chi connectivity index (χ0) is 15.2. The number of ether oxygens (including phenoxy) is 2. The van der Waals surface area contributed by atoms with Gasteiger partial charge >= 0.3 is 0 Å². The van der Waals surface area contributed by atoms with Gasteiger partial charge in [-0.3, -0.25) is 0 Å². The molecule has 0 radical (unpaired) electrons. The molecule has 0 aliphatic heterocycles. The Balaban J connectivity index is 2.04. The predicted molar refractivity (Wildman–Crippen MR) is 84.3 cm³/mol. The number of aliphatic hydroxyl groups excluding tert-OH is 1. The van der Waals surface area contributed by atoms with Gasteiger partial charge in [0.1, 0.15) is 0 Å². The van der Waals surface area contributed by atoms with E-state index in [4.69, 9.17) is 21.1 Å². The van der Waals surface area contributed by atoms with Crippen molar-refractivity contribution in [2.75, 3.05) is 14.2 Å². The first-order chi connectivity index (χ1) is 10.2. The number of nitrogens with one attached hydrogen (secondary N) is 1. The van der Waals surface area contributed by atoms with Gasteiger partial charge in [-0.2, -0.15) is 0 Å². The Morgan fingerprint density at radius 1 is 1.19 bits per heavy atom. The molecule has 0 spiro atoms. The summed E-state index contributed by atoms with van der Waals surface area (Å²) in [5, 5.41) is 14.1. The van der Waals surface area contributed by atoms with Gasteiger partial charge in [0.15, 0.2) is 11.5 Å². The van der Waals surface area contributed by atoms with E-state index in [1.54, 1.807) is 14.2 Å². The lowest BCUT2D eigenvalue weighted by Gasteiger charge is -2.22. The lowest BCUT2D eigenvalue weighted by Crippen LogP contribution is -2.38. The standard InChI is InChI=1S/C16H24ClNO3/c1-20-15-9-11(8-12(17)16(15)21-2)10-18-13-6-4-3-5-7-14(13)19/h8-9,13-14,18-19H,3-7,10H2,1-2H3. The predicted octanol–water partition coefficient (Wildman–Crippen LogP) is 3.14. The van der Waals surface area contributed by atoms with Crippen molar-refractivity contribution < 1.29 is 14.6 Å². The van der Waals surface area contributed by atoms with Crippen LogP contribution in [0, 0.1) is 0 Å². The molecule has 0 bridgehead atoms. The van der Waals surface area contributed by atoms with Gasteiger partial charge in [0.2, 0.25) is 0 Å². The largest absolute Gasteiger partial charge is 0.493 e. The van der Waals surface area contributed by atoms with Crippen molar-refractivity contribution in [3.05, 3.63) is 22.7 Å². The van der Waals surface area contributed by atoms with Crippen molar-refractivity contribution in [3.8, 4) is 11.5 Å². The van der Waals surface area contributed by atoms with E-state index in [1.807, 2.05) is 12.1 Å². The van der Waals surface area contributed by atoms with E-state index in [9.17, 15) is 5.11 Å². The highest BCUT2D eigenvalue weighted by Gasteiger charge is 2.21. The highest BCUT2D eigenvalue weighted by molar-refractivity contribution is 6.32. The van der Waals surface area contributed by atoms with Gasteiger partial charge in [0.05, 0.1) is 25.3 Å². The zero-order valence-electron chi connectivity index (χ0n) is 12.7. The van der Waals surface area contributed by atoms with Crippen LogP contribution >= 0.6 is 11.6 Å². The molecule has 0 aromatic heterocycles. The van der Waals surface area contributed by atoms with Gasteiger partial charge in [-0.15, -0.1) is 0 Å². The molecule has 21 heavy (non-hydrogen) atoms. The van der Waals surface area contributed by atoms with E-state index >= 15 is 0 Å². The van der Waals surface area contributed by atoms with Crippen LogP contribution in [0.5, 0.6) is 11.5 Å². The molecule has 0 saturated heterocycles. The Labute approximate surface area is 131 Å². The fraction of sp³-hybridized carbons (Fsp3) is 0.625. The number of methoxy groups -OCH3 is 2. The molecular weight excluding hydrogens is 290 g/mol. The Bertz CT molecular complexity index is 467. The molecule has 2 rings (SSSR count). The third kappa shape index (κ3) is 4.25. The number of hydrogen-bond donors (Lipinski definition) is 2. The lowest BCUT2D eigenvalue weighted by molar-refractivity contribution is 0.119. The van der Waals surface area contributed by atoms with E-state index in [-0.39, 0.29) is 12.1 Å². The molecule has 5 heteroatoms. The maximum absolute atomic E-state index is 10.1. The Kier molecular flexibility index (Phi) is 6.15. The second kappa shape index (κ2) is 7.87. The van der Waals surface area contributed by atoms with E-state index in [0.29, 0.717) is 23.1 Å². The Morgan fingerprint density at radius 2 is 1.95 bits per heavy atom. The first-order valence-corrected chi connectivity index (χ1v) is 7.85. The van der Waals surface area contributed by atoms with Gasteiger partial charge in [0, 0.05) is 12.6 Å². The van der Waals surface area contributed by atoms with Crippen molar-refractivity contribution in [2.24, 2.45) is 0 Å². The zero-order valence-corrected chi connectivity index (χ0v) is 13.4. The molecule has 118 valence electrons. The number of hydrogen-bond acceptors (Lipinski definition) is 4. The summed E-state index contributed by atoms with van der Waals surface area (Å²) in [4.78, 5) is 0. The summed E-state index contributed by atoms with van der Waals surface area (Å²) in [5.74, 6) is 1.18. The van der Waals surface area contributed by atoms with E-state index in [1.165, 1.54) is 12.8 Å². The first-order valence-electron chi connectivity index (χ1n) is 7.47. The van der Waals surface area contributed by atoms with Crippen molar-refractivity contribution in [1.29, 1.82) is 0 Å². The molecule has 1 saturated carbocycles. The maximum atomic E-state index is 10.1. The number of aliphatic hydroxyl groups is 1. The summed E-state index contributed by atoms with van der Waals surface area (Å²) in [6.07, 6.45) is 5.12. The van der Waals surface area contributed by atoms with Gasteiger partial charge < -0.3 is 19.9 Å². The highest BCUT2D eigenvalue weighted by Crippen LogP contribution is 2.36. The van der Waals surface area contributed by atoms with Crippen LogP contribution in [0.25, 0.3) is 0 Å². The molecule has 1 aliphatic rings. The topological polar surface area (TPSA) is 50.7 Å². The SMILES string of the molecule is COc1cc(CNC2CCCCCC2O)cc(Cl)c1OC. The van der Waals surface area contributed by atoms with Crippen LogP contribution in [0.2, 0.25) is 5.02 Å². The maximum Gasteiger partial charge on any atom is 0.179 e. The van der Waals surface area contributed by atoms with Gasteiger partial charge in [-0.25, -0.2) is 0 Å². The summed E-state index contributed by atoms with van der Waals surface area (Å²) >= 11 is 6.21. The number of benzene rings is 1. The molecule has 0 heterocycles. The number of halogens is 1. The van der Waals surface area contributed by atoms with Crippen LogP contribution in [0.15, 0.2) is 12.1 Å². The molecule has 0 amide bonds. The summed E-state index contributed by atoms with van der Waals surface area (Å²) in [5.41, 5.74) is 1.02. The quantitative estimate of drug-likeness (QED) is 0.820. The normalized spacial score (nSPS) is 22.7. The van der Waals surface area contributed by atoms with Crippen molar-refractivity contribution in [3.63, 3.8) is 0 Å². The molecule has 1 fully saturated rings. The summed E-state index contributed by atoms with van der Waals surface area (Å²) in [6.45, 7) is 0.655. The van der Waals surface area contributed by atoms with E-state index in [2.05, 4.69) is 5.32 Å². The first kappa shape index (κ1) is 16.4. The van der Waals surface area contributed by atoms with E-state index < -0.39 is 0 Å². The molecule has 2 N–H and O–H groups in total. The van der Waals surface area contributed by atoms with Gasteiger partial charge in [0.25, 0.3) is 0 Å². The van der Waals surface area contributed by atoms with Crippen molar-refractivity contribution >= 4 is 11.6 Å². The van der Waals surface area contributed by atoms with Gasteiger partial charge in [-0.1, -0.05) is 30.9 Å². The van der Waals surface area contributed by atoms with Crippen LogP contribution in [-0.4, -0.2) is 31.5 Å². The third-order valence-corrected chi connectivity index (χ3v) is 4.32. The van der Waals surface area contributed by atoms with Gasteiger partial charge in [-0.05, 0) is 30.5 Å². The summed E-state index contributed by atoms with van der Waals surface area (Å²) in [7, 11) is 3.17. The molecule has 1 aliphatic carbocycles. The Morgan fingerprint density at radius 3 is 2.67 bits per heavy atom. The Hall–Kier alpha value is -0.970. The average Bonchev–Trinajstić information content (AvgIpc) is 2.69. The average molecular weight is 314 g/mol. The minimum atomic E-state index is -0.261. The summed E-state index contributed by atoms with van der Waals surface area (Å²) in [6, 6.07) is 3.94. The molecule has 4 nitrogen and oxygen atoms in total. The molecule has 1 aromatic rings. The number of rotatable bonds is 5. The van der Waals surface area contributed by atoms with E-state index in [0.717, 1.165) is 24.8 Å². The van der Waals surface area contributed by atoms with Crippen LogP contribution < -0.4 is 14.8 Å². The van der Waals surface area contributed by atoms with Crippen molar-refractivity contribution in [1.82, 2.24) is 5.32 Å². The minimum absolute atomic E-state index is 0.152. The molecule has 2 atom stereocenters. The van der Waals surface area contributed by atoms with Crippen LogP contribution in [0.4, 0.5) is 0 Å². The third-order valence-electron chi connectivity index (χ3n) is 4.04.